The van der Waals surface area contributed by atoms with Gasteiger partial charge in [0, 0.05) is 32.1 Å². The van der Waals surface area contributed by atoms with Crippen molar-refractivity contribution in [2.75, 3.05) is 39.3 Å². The summed E-state index contributed by atoms with van der Waals surface area (Å²) >= 11 is 0. The second-order valence-corrected chi connectivity index (χ2v) is 10.3. The molecule has 1 aromatic rings. The molecule has 29 heavy (non-hydrogen) atoms. The number of likely N-dealkylation sites (tertiary alicyclic amines) is 1. The number of nitrogens with one attached hydrogen (secondary N) is 1. The van der Waals surface area contributed by atoms with E-state index in [0.717, 1.165) is 19.6 Å². The van der Waals surface area contributed by atoms with Gasteiger partial charge in [0.2, 0.25) is 15.9 Å². The molecule has 2 saturated heterocycles. The Labute approximate surface area is 174 Å². The summed E-state index contributed by atoms with van der Waals surface area (Å²) in [6, 6.07) is 0. The highest BCUT2D eigenvalue weighted by Crippen LogP contribution is 2.30. The zero-order valence-corrected chi connectivity index (χ0v) is 18.6. The molecule has 8 nitrogen and oxygen atoms in total. The Morgan fingerprint density at radius 1 is 1.17 bits per heavy atom. The van der Waals surface area contributed by atoms with E-state index in [2.05, 4.69) is 15.4 Å². The number of hydrogen-bond acceptors (Lipinski definition) is 6. The van der Waals surface area contributed by atoms with Gasteiger partial charge in [0.1, 0.15) is 10.6 Å². The van der Waals surface area contributed by atoms with Gasteiger partial charge in [-0.1, -0.05) is 18.5 Å². The van der Waals surface area contributed by atoms with Crippen molar-refractivity contribution in [1.82, 2.24) is 19.7 Å². The molecule has 2 fully saturated rings. The summed E-state index contributed by atoms with van der Waals surface area (Å²) in [5.41, 5.74) is 0.395. The Morgan fingerprint density at radius 2 is 1.83 bits per heavy atom. The molecule has 2 aliphatic heterocycles. The van der Waals surface area contributed by atoms with E-state index in [1.807, 2.05) is 6.92 Å². The number of hydrogen-bond donors (Lipinski definition) is 1. The number of carbonyl (C=O) groups is 1. The Bertz CT molecular complexity index is 774. The molecule has 1 N–H and O–H groups in total. The first-order chi connectivity index (χ1) is 13.8. The third kappa shape index (κ3) is 5.19. The molecular formula is C20H34N4O4S. The molecule has 0 bridgehead atoms. The van der Waals surface area contributed by atoms with Crippen molar-refractivity contribution in [2.24, 2.45) is 11.8 Å². The van der Waals surface area contributed by atoms with E-state index in [-0.39, 0.29) is 22.6 Å². The maximum atomic E-state index is 12.9. The molecule has 1 amide bonds. The third-order valence-electron chi connectivity index (χ3n) is 6.36. The lowest BCUT2D eigenvalue weighted by Gasteiger charge is -2.33. The lowest BCUT2D eigenvalue weighted by atomic mass is 9.85. The Hall–Kier alpha value is -1.45. The van der Waals surface area contributed by atoms with Crippen LogP contribution < -0.4 is 5.32 Å². The summed E-state index contributed by atoms with van der Waals surface area (Å²) < 4.78 is 32.4. The van der Waals surface area contributed by atoms with E-state index in [1.165, 1.54) is 23.6 Å². The fraction of sp³-hybridized carbons (Fsp3) is 0.800. The fourth-order valence-electron chi connectivity index (χ4n) is 4.48. The molecule has 3 rings (SSSR count). The minimum atomic E-state index is -3.61. The van der Waals surface area contributed by atoms with Crippen LogP contribution in [0.3, 0.4) is 0 Å². The summed E-state index contributed by atoms with van der Waals surface area (Å²) in [5, 5.41) is 6.84. The number of carbonyl (C=O) groups excluding carboxylic acids is 1. The van der Waals surface area contributed by atoms with Crippen molar-refractivity contribution in [2.45, 2.75) is 57.8 Å². The highest BCUT2D eigenvalue weighted by molar-refractivity contribution is 7.89. The van der Waals surface area contributed by atoms with Gasteiger partial charge < -0.3 is 14.7 Å². The number of nitrogens with zero attached hydrogens (tertiary/aromatic N) is 3. The van der Waals surface area contributed by atoms with Crippen LogP contribution in [-0.2, 0) is 14.8 Å². The van der Waals surface area contributed by atoms with Crippen molar-refractivity contribution in [3.63, 3.8) is 0 Å². The average molecular weight is 427 g/mol. The van der Waals surface area contributed by atoms with Crippen LogP contribution in [0.4, 0.5) is 0 Å². The maximum absolute atomic E-state index is 12.9. The van der Waals surface area contributed by atoms with Gasteiger partial charge >= 0.3 is 0 Å². The minimum Gasteiger partial charge on any atom is -0.360 e. The highest BCUT2D eigenvalue weighted by atomic mass is 32.2. The van der Waals surface area contributed by atoms with Gasteiger partial charge in [-0.2, -0.15) is 4.31 Å². The predicted octanol–water partition coefficient (Wildman–Crippen LogP) is 1.93. The van der Waals surface area contributed by atoms with Crippen LogP contribution in [0.2, 0.25) is 0 Å². The van der Waals surface area contributed by atoms with Crippen LogP contribution >= 0.6 is 0 Å². The summed E-state index contributed by atoms with van der Waals surface area (Å²) in [7, 11) is -3.61. The quantitative estimate of drug-likeness (QED) is 0.716. The molecule has 0 spiro atoms. The van der Waals surface area contributed by atoms with Crippen molar-refractivity contribution >= 4 is 15.9 Å². The standard InChI is InChI=1S/C20H34N4O4S/c1-15(20(25)21-9-14-23-10-5-4-6-11-23)18-7-12-24(13-8-18)29(26,27)19-16(2)22-28-17(19)3/h15,18H,4-14H2,1-3H3,(H,21,25)/t15-/m1/s1. The van der Waals surface area contributed by atoms with E-state index in [0.29, 0.717) is 43.9 Å². The summed E-state index contributed by atoms with van der Waals surface area (Å²) in [6.45, 7) is 9.91. The molecule has 1 atom stereocenters. The van der Waals surface area contributed by atoms with Gasteiger partial charge in [0.15, 0.2) is 5.76 Å². The Kier molecular flexibility index (Phi) is 7.34. The average Bonchev–Trinajstić information content (AvgIpc) is 3.07. The van der Waals surface area contributed by atoms with E-state index in [4.69, 9.17) is 4.52 Å². The van der Waals surface area contributed by atoms with Crippen molar-refractivity contribution < 1.29 is 17.7 Å². The highest BCUT2D eigenvalue weighted by Gasteiger charge is 2.36. The Balaban J connectivity index is 1.47. The second-order valence-electron chi connectivity index (χ2n) is 8.38. The lowest BCUT2D eigenvalue weighted by Crippen LogP contribution is -2.44. The summed E-state index contributed by atoms with van der Waals surface area (Å²) in [5.74, 6) is 0.487. The second kappa shape index (κ2) is 9.57. The van der Waals surface area contributed by atoms with Gasteiger partial charge in [-0.05, 0) is 58.5 Å². The van der Waals surface area contributed by atoms with Crippen LogP contribution in [0.1, 0.15) is 50.5 Å². The van der Waals surface area contributed by atoms with Gasteiger partial charge in [-0.3, -0.25) is 4.79 Å². The van der Waals surface area contributed by atoms with Crippen LogP contribution in [0, 0.1) is 25.7 Å². The molecule has 164 valence electrons. The van der Waals surface area contributed by atoms with Crippen molar-refractivity contribution in [3.8, 4) is 0 Å². The monoisotopic (exact) mass is 426 g/mol. The van der Waals surface area contributed by atoms with Crippen LogP contribution in [0.15, 0.2) is 9.42 Å². The third-order valence-corrected chi connectivity index (χ3v) is 8.50. The smallest absolute Gasteiger partial charge is 0.248 e. The number of aryl methyl sites for hydroxylation is 2. The summed E-state index contributed by atoms with van der Waals surface area (Å²) in [6.07, 6.45) is 5.18. The molecule has 2 aliphatic rings. The largest absolute Gasteiger partial charge is 0.360 e. The molecule has 9 heteroatoms. The fourth-order valence-corrected chi connectivity index (χ4v) is 6.24. The maximum Gasteiger partial charge on any atom is 0.248 e. The van der Waals surface area contributed by atoms with Crippen molar-refractivity contribution in [3.05, 3.63) is 11.5 Å². The number of aromatic nitrogens is 1. The topological polar surface area (TPSA) is 95.8 Å². The van der Waals surface area contributed by atoms with Crippen LogP contribution in [-0.4, -0.2) is 68.0 Å². The van der Waals surface area contributed by atoms with E-state index < -0.39 is 10.0 Å². The van der Waals surface area contributed by atoms with E-state index in [9.17, 15) is 13.2 Å². The number of rotatable bonds is 7. The van der Waals surface area contributed by atoms with Crippen LogP contribution in [0.25, 0.3) is 0 Å². The molecule has 3 heterocycles. The molecule has 0 radical (unpaired) electrons. The molecule has 0 aliphatic carbocycles. The zero-order valence-electron chi connectivity index (χ0n) is 17.8. The first-order valence-electron chi connectivity index (χ1n) is 10.7. The van der Waals surface area contributed by atoms with Gasteiger partial charge in [0.25, 0.3) is 0 Å². The van der Waals surface area contributed by atoms with Gasteiger partial charge in [-0.25, -0.2) is 8.42 Å². The SMILES string of the molecule is Cc1noc(C)c1S(=O)(=O)N1CCC([C@@H](C)C(=O)NCCN2CCCCC2)CC1. The predicted molar refractivity (Wildman–Crippen MR) is 110 cm³/mol. The van der Waals surface area contributed by atoms with E-state index >= 15 is 0 Å². The summed E-state index contributed by atoms with van der Waals surface area (Å²) in [4.78, 5) is 15.1. The van der Waals surface area contributed by atoms with Gasteiger partial charge in [-0.15, -0.1) is 0 Å². The zero-order chi connectivity index (χ0) is 21.0. The first-order valence-corrected chi connectivity index (χ1v) is 12.2. The molecule has 0 aromatic carbocycles. The van der Waals surface area contributed by atoms with Crippen molar-refractivity contribution in [1.29, 1.82) is 0 Å². The molecular weight excluding hydrogens is 392 g/mol. The van der Waals surface area contributed by atoms with E-state index in [1.54, 1.807) is 13.8 Å². The van der Waals surface area contributed by atoms with Crippen LogP contribution in [0.5, 0.6) is 0 Å². The normalized spacial score (nSPS) is 21.2. The molecule has 0 unspecified atom stereocenters. The minimum absolute atomic E-state index is 0.0778. The number of amides is 1. The number of sulfonamides is 1. The molecule has 0 saturated carbocycles. The first kappa shape index (κ1) is 22.2. The number of piperidine rings is 2. The lowest BCUT2D eigenvalue weighted by molar-refractivity contribution is -0.126. The Morgan fingerprint density at radius 3 is 2.41 bits per heavy atom. The molecule has 1 aromatic heterocycles. The van der Waals surface area contributed by atoms with Gasteiger partial charge in [0.05, 0.1) is 0 Å².